The van der Waals surface area contributed by atoms with Crippen molar-refractivity contribution >= 4 is 38.7 Å². The lowest BCUT2D eigenvalue weighted by Crippen LogP contribution is -2.25. The van der Waals surface area contributed by atoms with Gasteiger partial charge in [0.2, 0.25) is 0 Å². The van der Waals surface area contributed by atoms with E-state index in [1.807, 2.05) is 36.6 Å². The van der Waals surface area contributed by atoms with Crippen LogP contribution in [0.4, 0.5) is 0 Å². The predicted octanol–water partition coefficient (Wildman–Crippen LogP) is 4.15. The zero-order valence-corrected chi connectivity index (χ0v) is 17.8. The van der Waals surface area contributed by atoms with Gasteiger partial charge >= 0.3 is 0 Å². The summed E-state index contributed by atoms with van der Waals surface area (Å²) in [6.45, 7) is 2.41. The predicted molar refractivity (Wildman–Crippen MR) is 113 cm³/mol. The molecule has 8 heteroatoms. The Kier molecular flexibility index (Phi) is 6.17. The summed E-state index contributed by atoms with van der Waals surface area (Å²) in [6, 6.07) is 12.3. The number of carbonyl (C=O) groups is 1. The van der Waals surface area contributed by atoms with E-state index in [0.717, 1.165) is 28.1 Å². The van der Waals surface area contributed by atoms with Crippen LogP contribution in [0.15, 0.2) is 52.7 Å². The van der Waals surface area contributed by atoms with Gasteiger partial charge in [0, 0.05) is 29.3 Å². The fourth-order valence-electron chi connectivity index (χ4n) is 2.69. The molecule has 0 aliphatic rings. The van der Waals surface area contributed by atoms with Crippen LogP contribution in [0.3, 0.4) is 0 Å². The van der Waals surface area contributed by atoms with Crippen LogP contribution in [0.5, 0.6) is 0 Å². The number of amides is 1. The van der Waals surface area contributed by atoms with Gasteiger partial charge in [-0.25, -0.2) is 13.4 Å². The molecule has 0 aliphatic carbocycles. The van der Waals surface area contributed by atoms with Gasteiger partial charge in [0.05, 0.1) is 20.6 Å². The zero-order valence-electron chi connectivity index (χ0n) is 15.4. The van der Waals surface area contributed by atoms with Crippen molar-refractivity contribution in [1.82, 2.24) is 10.3 Å². The highest BCUT2D eigenvalue weighted by Gasteiger charge is 2.15. The summed E-state index contributed by atoms with van der Waals surface area (Å²) >= 11 is 7.53. The Morgan fingerprint density at radius 1 is 1.18 bits per heavy atom. The molecule has 2 aromatic carbocycles. The van der Waals surface area contributed by atoms with Crippen molar-refractivity contribution in [3.8, 4) is 11.3 Å². The standard InChI is InChI=1S/C20H19ClN2O3S2/c1-13-23-18(12-27-13)15-5-3-14(4-6-15)9-10-22-20(24)16-7-8-17(21)19(11-16)28(2,25)26/h3-8,11-12H,9-10H2,1-2H3,(H,22,24). The van der Waals surface area contributed by atoms with Gasteiger partial charge in [0.25, 0.3) is 5.91 Å². The van der Waals surface area contributed by atoms with E-state index < -0.39 is 9.84 Å². The summed E-state index contributed by atoms with van der Waals surface area (Å²) in [5.41, 5.74) is 3.38. The number of nitrogens with zero attached hydrogens (tertiary/aromatic N) is 1. The summed E-state index contributed by atoms with van der Waals surface area (Å²) in [4.78, 5) is 16.7. The van der Waals surface area contributed by atoms with Crippen LogP contribution in [0.25, 0.3) is 11.3 Å². The third kappa shape index (κ3) is 4.98. The first-order valence-corrected chi connectivity index (χ1v) is 11.7. The monoisotopic (exact) mass is 434 g/mol. The van der Waals surface area contributed by atoms with Crippen LogP contribution in [0.2, 0.25) is 5.02 Å². The molecule has 0 unspecified atom stereocenters. The fourth-order valence-corrected chi connectivity index (χ4v) is 4.61. The first kappa shape index (κ1) is 20.5. The van der Waals surface area contributed by atoms with Gasteiger partial charge in [-0.2, -0.15) is 0 Å². The number of aromatic nitrogens is 1. The molecule has 146 valence electrons. The van der Waals surface area contributed by atoms with E-state index in [4.69, 9.17) is 11.6 Å². The molecular weight excluding hydrogens is 416 g/mol. The molecule has 0 aliphatic heterocycles. The first-order chi connectivity index (χ1) is 13.2. The maximum Gasteiger partial charge on any atom is 0.251 e. The van der Waals surface area contributed by atoms with Gasteiger partial charge in [-0.05, 0) is 37.1 Å². The molecule has 0 fully saturated rings. The highest BCUT2D eigenvalue weighted by Crippen LogP contribution is 2.23. The van der Waals surface area contributed by atoms with Gasteiger partial charge in [-0.3, -0.25) is 4.79 Å². The minimum Gasteiger partial charge on any atom is -0.352 e. The second kappa shape index (κ2) is 8.43. The summed E-state index contributed by atoms with van der Waals surface area (Å²) in [7, 11) is -3.49. The number of hydrogen-bond donors (Lipinski definition) is 1. The zero-order chi connectivity index (χ0) is 20.3. The molecule has 1 aromatic heterocycles. The van der Waals surface area contributed by atoms with E-state index in [1.165, 1.54) is 18.2 Å². The number of hydrogen-bond acceptors (Lipinski definition) is 5. The lowest BCUT2D eigenvalue weighted by atomic mass is 10.1. The Bertz CT molecular complexity index is 1110. The van der Waals surface area contributed by atoms with Crippen molar-refractivity contribution in [3.63, 3.8) is 0 Å². The number of rotatable bonds is 6. The average Bonchev–Trinajstić information content (AvgIpc) is 3.08. The Balaban J connectivity index is 1.60. The van der Waals surface area contributed by atoms with E-state index in [0.29, 0.717) is 13.0 Å². The molecule has 0 spiro atoms. The first-order valence-electron chi connectivity index (χ1n) is 8.53. The maximum absolute atomic E-state index is 12.3. The van der Waals surface area contributed by atoms with Gasteiger partial charge in [0.1, 0.15) is 0 Å². The van der Waals surface area contributed by atoms with Crippen LogP contribution in [-0.4, -0.2) is 32.1 Å². The smallest absolute Gasteiger partial charge is 0.251 e. The van der Waals surface area contributed by atoms with Gasteiger partial charge < -0.3 is 5.32 Å². The third-order valence-corrected chi connectivity index (χ3v) is 6.51. The Morgan fingerprint density at radius 3 is 2.50 bits per heavy atom. The van der Waals surface area contributed by atoms with Crippen LogP contribution in [0.1, 0.15) is 20.9 Å². The normalized spacial score (nSPS) is 11.4. The molecule has 5 nitrogen and oxygen atoms in total. The van der Waals surface area contributed by atoms with Crippen molar-refractivity contribution in [1.29, 1.82) is 0 Å². The Labute approximate surface area is 173 Å². The summed E-state index contributed by atoms with van der Waals surface area (Å²) in [5.74, 6) is -0.337. The number of benzene rings is 2. The quantitative estimate of drug-likeness (QED) is 0.632. The third-order valence-electron chi connectivity index (χ3n) is 4.16. The lowest BCUT2D eigenvalue weighted by Gasteiger charge is -2.08. The molecule has 0 saturated heterocycles. The number of nitrogens with one attached hydrogen (secondary N) is 1. The highest BCUT2D eigenvalue weighted by molar-refractivity contribution is 7.90. The van der Waals surface area contributed by atoms with Gasteiger partial charge in [-0.15, -0.1) is 11.3 Å². The number of halogens is 1. The molecule has 28 heavy (non-hydrogen) atoms. The summed E-state index contributed by atoms with van der Waals surface area (Å²) in [6.07, 6.45) is 1.72. The summed E-state index contributed by atoms with van der Waals surface area (Å²) < 4.78 is 23.5. The fraction of sp³-hybridized carbons (Fsp3) is 0.200. The van der Waals surface area contributed by atoms with Crippen LogP contribution >= 0.6 is 22.9 Å². The summed E-state index contributed by atoms with van der Waals surface area (Å²) in [5, 5.41) is 5.97. The molecule has 3 rings (SSSR count). The van der Waals surface area contributed by atoms with E-state index >= 15 is 0 Å². The molecule has 0 atom stereocenters. The molecule has 1 amide bonds. The van der Waals surface area contributed by atoms with Crippen LogP contribution < -0.4 is 5.32 Å². The van der Waals surface area contributed by atoms with Crippen molar-refractivity contribution in [2.75, 3.05) is 12.8 Å². The number of aryl methyl sites for hydroxylation is 1. The van der Waals surface area contributed by atoms with Gasteiger partial charge in [0.15, 0.2) is 9.84 Å². The SMILES string of the molecule is Cc1nc(-c2ccc(CCNC(=O)c3ccc(Cl)c(S(C)(=O)=O)c3)cc2)cs1. The molecule has 0 saturated carbocycles. The van der Waals surface area contributed by atoms with Crippen molar-refractivity contribution < 1.29 is 13.2 Å². The molecule has 0 radical (unpaired) electrons. The minimum absolute atomic E-state index is 0.0466. The Morgan fingerprint density at radius 2 is 1.89 bits per heavy atom. The second-order valence-corrected chi connectivity index (χ2v) is 9.83. The van der Waals surface area contributed by atoms with E-state index in [-0.39, 0.29) is 21.4 Å². The second-order valence-electron chi connectivity index (χ2n) is 6.37. The topological polar surface area (TPSA) is 76.1 Å². The molecular formula is C20H19ClN2O3S2. The lowest BCUT2D eigenvalue weighted by molar-refractivity contribution is 0.0954. The van der Waals surface area contributed by atoms with Crippen LogP contribution in [0, 0.1) is 6.92 Å². The average molecular weight is 435 g/mol. The van der Waals surface area contributed by atoms with E-state index in [1.54, 1.807) is 11.3 Å². The number of sulfone groups is 1. The molecule has 0 bridgehead atoms. The molecule has 3 aromatic rings. The maximum atomic E-state index is 12.3. The Hall–Kier alpha value is -2.22. The number of thiazole rings is 1. The van der Waals surface area contributed by atoms with E-state index in [2.05, 4.69) is 10.3 Å². The van der Waals surface area contributed by atoms with Gasteiger partial charge in [-0.1, -0.05) is 35.9 Å². The number of carbonyl (C=O) groups excluding carboxylic acids is 1. The van der Waals surface area contributed by atoms with E-state index in [9.17, 15) is 13.2 Å². The largest absolute Gasteiger partial charge is 0.352 e. The molecule has 1 N–H and O–H groups in total. The minimum atomic E-state index is -3.49. The highest BCUT2D eigenvalue weighted by atomic mass is 35.5. The van der Waals surface area contributed by atoms with Crippen molar-refractivity contribution in [2.45, 2.75) is 18.2 Å². The van der Waals surface area contributed by atoms with Crippen molar-refractivity contribution in [3.05, 3.63) is 69.0 Å². The molecule has 1 heterocycles. The van der Waals surface area contributed by atoms with Crippen molar-refractivity contribution in [2.24, 2.45) is 0 Å². The van der Waals surface area contributed by atoms with Crippen LogP contribution in [-0.2, 0) is 16.3 Å².